The first-order valence-corrected chi connectivity index (χ1v) is 38.1. The third-order valence-corrected chi connectivity index (χ3v) is 20.2. The van der Waals surface area contributed by atoms with Crippen LogP contribution in [0, 0.1) is 11.8 Å². The van der Waals surface area contributed by atoms with Crippen molar-refractivity contribution in [2.24, 2.45) is 66.9 Å². The fourth-order valence-corrected chi connectivity index (χ4v) is 13.9. The van der Waals surface area contributed by atoms with E-state index in [4.69, 9.17) is 40.1 Å². The molecule has 0 aliphatic carbocycles. The van der Waals surface area contributed by atoms with Crippen molar-refractivity contribution < 1.29 is 77.6 Å². The van der Waals surface area contributed by atoms with Crippen LogP contribution in [0.5, 0.6) is 5.75 Å². The van der Waals surface area contributed by atoms with Crippen LogP contribution in [-0.2, 0) is 68.7 Å². The number of carbonyl (C=O) groups is 13. The molecule has 113 heavy (non-hydrogen) atoms. The number of carboxylic acid groups (broad SMARTS) is 2. The zero-order valence-corrected chi connectivity index (χ0v) is 65.0. The van der Waals surface area contributed by atoms with E-state index in [1.807, 2.05) is 0 Å². The highest BCUT2D eigenvalue weighted by molar-refractivity contribution is 6.00. The summed E-state index contributed by atoms with van der Waals surface area (Å²) in [4.78, 5) is 204. The first-order valence-electron chi connectivity index (χ1n) is 38.1. The molecule has 37 nitrogen and oxygen atoms in total. The molecule has 23 N–H and O–H groups in total. The highest BCUT2D eigenvalue weighted by atomic mass is 16.4. The Morgan fingerprint density at radius 2 is 0.885 bits per heavy atom. The summed E-state index contributed by atoms with van der Waals surface area (Å²) in [5.74, 6) is -13.1. The van der Waals surface area contributed by atoms with Gasteiger partial charge >= 0.3 is 11.9 Å². The molecule has 0 bridgehead atoms. The van der Waals surface area contributed by atoms with Crippen molar-refractivity contribution in [1.29, 1.82) is 0 Å². The zero-order chi connectivity index (χ0) is 83.3. The fraction of sp³-hybridized carbons (Fsp3) is 0.553. The molecule has 3 aromatic rings. The molecular formula is C76H113N21O16. The van der Waals surface area contributed by atoms with Gasteiger partial charge in [-0.1, -0.05) is 100 Å². The minimum Gasteiger partial charge on any atom is -0.508 e. The monoisotopic (exact) mass is 1580 g/mol. The van der Waals surface area contributed by atoms with Crippen LogP contribution in [0.15, 0.2) is 99.9 Å². The van der Waals surface area contributed by atoms with Gasteiger partial charge in [0.25, 0.3) is 0 Å². The van der Waals surface area contributed by atoms with Crippen LogP contribution in [0.2, 0.25) is 0 Å². The maximum absolute atomic E-state index is 15.5. The molecule has 0 aromatic heterocycles. The Kier molecular flexibility index (Phi) is 35.0. The molecule has 3 aliphatic rings. The average molecular weight is 1580 g/mol. The van der Waals surface area contributed by atoms with Crippen LogP contribution in [0.25, 0.3) is 0 Å². The van der Waals surface area contributed by atoms with E-state index in [1.54, 1.807) is 114 Å². The molecule has 0 saturated carbocycles. The van der Waals surface area contributed by atoms with Crippen LogP contribution in [-0.4, -0.2) is 247 Å². The summed E-state index contributed by atoms with van der Waals surface area (Å²) in [7, 11) is 0. The van der Waals surface area contributed by atoms with E-state index in [2.05, 4.69) is 46.9 Å². The molecule has 12 atom stereocenters. The van der Waals surface area contributed by atoms with Crippen molar-refractivity contribution in [3.05, 3.63) is 102 Å². The molecule has 0 spiro atoms. The molecule has 0 radical (unpaired) electrons. The lowest BCUT2D eigenvalue weighted by atomic mass is 9.99. The number of guanidine groups is 3. The van der Waals surface area contributed by atoms with Crippen LogP contribution in [0.1, 0.15) is 154 Å². The summed E-state index contributed by atoms with van der Waals surface area (Å²) in [6.07, 6.45) is 0.694. The number of benzene rings is 3. The molecule has 3 aromatic carbocycles. The number of nitrogens with two attached hydrogens (primary N) is 7. The number of nitrogens with zero attached hydrogens (tertiary/aromatic N) is 8. The Balaban J connectivity index is 1.20. The van der Waals surface area contributed by atoms with Crippen LogP contribution in [0.4, 0.5) is 0 Å². The minimum absolute atomic E-state index is 0.0146. The molecule has 3 fully saturated rings. The first kappa shape index (κ1) is 90.2. The maximum atomic E-state index is 15.5. The number of aliphatic carboxylic acids is 2. The number of hydrogen-bond acceptors (Lipinski definition) is 18. The predicted octanol–water partition coefficient (Wildman–Crippen LogP) is -1.64. The highest BCUT2D eigenvalue weighted by Crippen LogP contribution is 2.31. The van der Waals surface area contributed by atoms with Crippen LogP contribution < -0.4 is 72.0 Å². The molecule has 11 amide bonds. The summed E-state index contributed by atoms with van der Waals surface area (Å²) < 4.78 is 0. The second-order valence-corrected chi connectivity index (χ2v) is 29.3. The lowest BCUT2D eigenvalue weighted by Gasteiger charge is -2.37. The molecule has 3 heterocycles. The Bertz CT molecular complexity index is 3880. The number of carbonyl (C=O) groups excluding carboxylic acids is 11. The van der Waals surface area contributed by atoms with E-state index in [1.165, 1.54) is 36.6 Å². The van der Waals surface area contributed by atoms with Gasteiger partial charge in [0.2, 0.25) is 65.0 Å². The second kappa shape index (κ2) is 43.8. The van der Waals surface area contributed by atoms with Crippen LogP contribution >= 0.6 is 0 Å². The SMILES string of the molecule is CC(C)[C@H](NC(=O)[C@H](CC(=O)O)NC(=O)[C@@H](N)Cc1ccc(O)cc1)C(=O)N1CCC[C@H]1C(=O)N(CC(=O)N1CCC[C@H]1C(=O)N[C@H](C(=O)N(CC(=O)N1CCC[C@H]1C(=O)N[C@@H](CCCN=C(N)N)C(=O)N[C@@H](CCCN=C(N)N)C(=O)N[C@@H](CCCN=C(N)N)C(=O)O)[C@@H](C)c1ccccc1)C(C)C)[C@@H](C)c1ccccc1. The standard InChI is InChI=1S/C76H113N21O16/c1-43(2)62(91-67(106)55(40-61(101)102)90-64(103)51(77)39-47-29-31-50(98)32-30-47)71(110)95-38-18-28-58(95)70(109)96(45(5)48-19-9-7-10-20-48)41-59(99)94-37-17-27-57(94)69(108)92-63(44(3)4)72(111)97(46(6)49-21-11-8-12-22-49)42-60(100)93-36-16-26-56(93)68(107)88-53(24-14-34-85-75(80)81)65(104)87-52(23-13-33-84-74(78)79)66(105)89-54(73(112)113)25-15-35-86-76(82)83/h7-12,19-22,29-32,43-46,51-58,62-63,98H,13-18,23-28,33-42,77H2,1-6H3,(H,87,104)(H,88,107)(H,89,105)(H,90,103)(H,91,106)(H,92,108)(H,101,102)(H,112,113)(H4,78,79,84)(H4,80,81,85)(H4,82,83,86)/t45-,46-,51-,52-,53-,54-,55-,56-,57-,58-,62-,63-/m0/s1. The third kappa shape index (κ3) is 27.1. The summed E-state index contributed by atoms with van der Waals surface area (Å²) >= 11 is 0. The van der Waals surface area contributed by atoms with Crippen molar-refractivity contribution in [2.45, 2.75) is 204 Å². The van der Waals surface area contributed by atoms with E-state index >= 15 is 19.2 Å². The van der Waals surface area contributed by atoms with Gasteiger partial charge in [-0.3, -0.25) is 72.5 Å². The molecule has 0 unspecified atom stereocenters. The lowest BCUT2D eigenvalue weighted by Crippen LogP contribution is -2.60. The van der Waals surface area contributed by atoms with Crippen molar-refractivity contribution in [1.82, 2.24) is 56.4 Å². The summed E-state index contributed by atoms with van der Waals surface area (Å²) in [5.41, 5.74) is 41.1. The van der Waals surface area contributed by atoms with Gasteiger partial charge in [0.1, 0.15) is 73.2 Å². The van der Waals surface area contributed by atoms with Crippen molar-refractivity contribution in [2.75, 3.05) is 52.4 Å². The molecule has 3 saturated heterocycles. The Morgan fingerprint density at radius 1 is 0.478 bits per heavy atom. The highest BCUT2D eigenvalue weighted by Gasteiger charge is 2.46. The molecule has 3 aliphatic heterocycles. The predicted molar refractivity (Wildman–Crippen MR) is 418 cm³/mol. The number of phenolic OH excluding ortho intramolecular Hbond substituents is 1. The van der Waals surface area contributed by atoms with Gasteiger partial charge < -0.3 is 112 Å². The normalized spacial score (nSPS) is 17.6. The van der Waals surface area contributed by atoms with E-state index in [0.717, 1.165) is 0 Å². The smallest absolute Gasteiger partial charge is 0.326 e. The molecular weight excluding hydrogens is 1460 g/mol. The summed E-state index contributed by atoms with van der Waals surface area (Å²) in [6.45, 7) is 9.23. The Morgan fingerprint density at radius 3 is 1.35 bits per heavy atom. The van der Waals surface area contributed by atoms with E-state index in [9.17, 15) is 58.5 Å². The topological polar surface area (TPSA) is 590 Å². The quantitative estimate of drug-likeness (QED) is 0.0172. The Labute approximate surface area is 656 Å². The van der Waals surface area contributed by atoms with Gasteiger partial charge in [-0.25, -0.2) is 4.79 Å². The number of phenols is 1. The largest absolute Gasteiger partial charge is 0.508 e. The van der Waals surface area contributed by atoms with Gasteiger partial charge in [-0.05, 0) is 138 Å². The minimum atomic E-state index is -1.68. The van der Waals surface area contributed by atoms with Gasteiger partial charge in [-0.15, -0.1) is 0 Å². The van der Waals surface area contributed by atoms with Crippen molar-refractivity contribution in [3.8, 4) is 5.75 Å². The fourth-order valence-electron chi connectivity index (χ4n) is 13.9. The van der Waals surface area contributed by atoms with E-state index < -0.39 is 181 Å². The summed E-state index contributed by atoms with van der Waals surface area (Å²) in [6, 6.07) is 8.60. The molecule has 37 heteroatoms. The number of nitrogens with one attached hydrogen (secondary N) is 6. The first-order chi connectivity index (χ1) is 53.6. The second-order valence-electron chi connectivity index (χ2n) is 29.3. The number of carboxylic acids is 2. The average Bonchev–Trinajstić information content (AvgIpc) is 1.77. The number of amides is 11. The van der Waals surface area contributed by atoms with Gasteiger partial charge in [-0.2, -0.15) is 0 Å². The molecule has 6 rings (SSSR count). The van der Waals surface area contributed by atoms with Gasteiger partial charge in [0.15, 0.2) is 17.9 Å². The third-order valence-electron chi connectivity index (χ3n) is 20.2. The number of aromatic hydroxyl groups is 1. The zero-order valence-electron chi connectivity index (χ0n) is 65.0. The van der Waals surface area contributed by atoms with E-state index in [0.29, 0.717) is 36.0 Å². The number of aliphatic imine (C=N–C) groups is 3. The Hall–Kier alpha value is -11.7. The number of rotatable bonds is 42. The molecule has 618 valence electrons. The van der Waals surface area contributed by atoms with Gasteiger partial charge in [0, 0.05) is 39.3 Å². The number of hydrogen-bond donors (Lipinski definition) is 16. The van der Waals surface area contributed by atoms with Crippen molar-refractivity contribution in [3.63, 3.8) is 0 Å². The maximum Gasteiger partial charge on any atom is 0.326 e. The van der Waals surface area contributed by atoms with Crippen molar-refractivity contribution >= 4 is 94.8 Å². The number of likely N-dealkylation sites (tertiary alicyclic amines) is 3. The van der Waals surface area contributed by atoms with E-state index in [-0.39, 0.29) is 127 Å². The summed E-state index contributed by atoms with van der Waals surface area (Å²) in [5, 5.41) is 45.4. The lowest BCUT2D eigenvalue weighted by molar-refractivity contribution is -0.151. The van der Waals surface area contributed by atoms with Crippen LogP contribution in [0.3, 0.4) is 0 Å². The van der Waals surface area contributed by atoms with Gasteiger partial charge in [0.05, 0.1) is 24.5 Å².